The highest BCUT2D eigenvalue weighted by molar-refractivity contribution is 5.92. The highest BCUT2D eigenvalue weighted by Crippen LogP contribution is 2.43. The molecule has 6 rings (SSSR count). The van der Waals surface area contributed by atoms with Crippen molar-refractivity contribution in [2.24, 2.45) is 5.73 Å². The second-order valence-electron chi connectivity index (χ2n) is 9.55. The van der Waals surface area contributed by atoms with E-state index >= 15 is 0 Å². The molecule has 0 amide bonds. The maximum atomic E-state index is 14.3. The highest BCUT2D eigenvalue weighted by Gasteiger charge is 2.27. The van der Waals surface area contributed by atoms with E-state index in [1.54, 1.807) is 0 Å². The Morgan fingerprint density at radius 3 is 2.62 bits per heavy atom. The van der Waals surface area contributed by atoms with E-state index in [1.807, 2.05) is 57.0 Å². The van der Waals surface area contributed by atoms with Gasteiger partial charge in [0.05, 0.1) is 17.1 Å². The molecule has 0 saturated heterocycles. The summed E-state index contributed by atoms with van der Waals surface area (Å²) in [7, 11) is 4.07. The summed E-state index contributed by atoms with van der Waals surface area (Å²) in [6.45, 7) is 1.08. The monoisotopic (exact) mass is 494 g/mol. The standard InChI is InChI=1S/C28H27FN8/c1-37(2)15-17-7-19(13-31-12-17)20-10-23-26(35-36-27(23)32-14-20)28-33-24-5-3-4-22(25(24)34-28)18-6-16(11-30)8-21(29)9-18/h3-10,12-14,28,33-34H,11,15,30H2,1-2H3,(H,32,35,36). The lowest BCUT2D eigenvalue weighted by atomic mass is 10.0. The summed E-state index contributed by atoms with van der Waals surface area (Å²) in [6, 6.07) is 15.1. The minimum absolute atomic E-state index is 0.265. The number of hydrogen-bond donors (Lipinski definition) is 4. The Kier molecular flexibility index (Phi) is 5.78. The first-order valence-corrected chi connectivity index (χ1v) is 12.1. The normalized spacial score (nSPS) is 14.6. The van der Waals surface area contributed by atoms with Gasteiger partial charge in [-0.05, 0) is 67.2 Å². The molecule has 0 bridgehead atoms. The van der Waals surface area contributed by atoms with Gasteiger partial charge in [0.25, 0.3) is 0 Å². The van der Waals surface area contributed by atoms with Crippen molar-refractivity contribution >= 4 is 22.4 Å². The maximum absolute atomic E-state index is 14.3. The third-order valence-corrected chi connectivity index (χ3v) is 6.51. The number of pyridine rings is 2. The minimum Gasteiger partial charge on any atom is -0.359 e. The van der Waals surface area contributed by atoms with Gasteiger partial charge < -0.3 is 21.3 Å². The van der Waals surface area contributed by atoms with Gasteiger partial charge >= 0.3 is 0 Å². The Morgan fingerprint density at radius 1 is 0.946 bits per heavy atom. The number of nitrogens with zero attached hydrogens (tertiary/aromatic N) is 4. The second kappa shape index (κ2) is 9.27. The third kappa shape index (κ3) is 4.39. The van der Waals surface area contributed by atoms with Crippen LogP contribution in [0.2, 0.25) is 0 Å². The van der Waals surface area contributed by atoms with Crippen molar-refractivity contribution in [3.05, 3.63) is 89.8 Å². The zero-order valence-corrected chi connectivity index (χ0v) is 20.6. The van der Waals surface area contributed by atoms with Gasteiger partial charge in [0, 0.05) is 53.8 Å². The first-order valence-electron chi connectivity index (χ1n) is 12.1. The number of nitrogens with one attached hydrogen (secondary N) is 3. The number of benzene rings is 2. The van der Waals surface area contributed by atoms with Crippen LogP contribution < -0.4 is 16.4 Å². The smallest absolute Gasteiger partial charge is 0.181 e. The van der Waals surface area contributed by atoms with E-state index in [0.29, 0.717) is 5.65 Å². The van der Waals surface area contributed by atoms with Crippen molar-refractivity contribution in [3.63, 3.8) is 0 Å². The first kappa shape index (κ1) is 23.1. The van der Waals surface area contributed by atoms with Crippen LogP contribution in [0.25, 0.3) is 33.3 Å². The number of aromatic amines is 1. The van der Waals surface area contributed by atoms with Crippen molar-refractivity contribution in [1.82, 2.24) is 25.1 Å². The number of H-pyrrole nitrogens is 1. The Morgan fingerprint density at radius 2 is 1.78 bits per heavy atom. The fraction of sp³-hybridized carbons (Fsp3) is 0.179. The highest BCUT2D eigenvalue weighted by atomic mass is 19.1. The number of halogens is 1. The number of para-hydroxylation sites is 1. The molecular formula is C28H27FN8. The molecule has 4 heterocycles. The number of nitrogens with two attached hydrogens (primary N) is 1. The molecule has 2 aromatic carbocycles. The van der Waals surface area contributed by atoms with Gasteiger partial charge in [-0.25, -0.2) is 9.37 Å². The quantitative estimate of drug-likeness (QED) is 0.266. The average Bonchev–Trinajstić information content (AvgIpc) is 3.51. The van der Waals surface area contributed by atoms with Gasteiger partial charge in [0.1, 0.15) is 12.0 Å². The lowest BCUT2D eigenvalue weighted by molar-refractivity contribution is 0.402. The summed E-state index contributed by atoms with van der Waals surface area (Å²) in [5, 5.41) is 15.6. The van der Waals surface area contributed by atoms with Crippen LogP contribution in [0, 0.1) is 5.82 Å². The summed E-state index contributed by atoms with van der Waals surface area (Å²) < 4.78 is 14.3. The molecule has 0 saturated carbocycles. The summed E-state index contributed by atoms with van der Waals surface area (Å²) in [4.78, 5) is 11.1. The molecule has 5 N–H and O–H groups in total. The molecule has 9 heteroatoms. The third-order valence-electron chi connectivity index (χ3n) is 6.51. The number of anilines is 2. The Balaban J connectivity index is 1.35. The van der Waals surface area contributed by atoms with Crippen molar-refractivity contribution in [1.29, 1.82) is 0 Å². The summed E-state index contributed by atoms with van der Waals surface area (Å²) in [5.41, 5.74) is 14.6. The molecule has 1 aliphatic rings. The minimum atomic E-state index is -0.305. The topological polar surface area (TPSA) is 108 Å². The van der Waals surface area contributed by atoms with Crippen LogP contribution in [0.5, 0.6) is 0 Å². The van der Waals surface area contributed by atoms with E-state index in [-0.39, 0.29) is 18.5 Å². The largest absolute Gasteiger partial charge is 0.359 e. The van der Waals surface area contributed by atoms with E-state index in [2.05, 4.69) is 47.8 Å². The summed E-state index contributed by atoms with van der Waals surface area (Å²) in [5.74, 6) is -0.305. The maximum Gasteiger partial charge on any atom is 0.181 e. The summed E-state index contributed by atoms with van der Waals surface area (Å²) >= 11 is 0. The van der Waals surface area contributed by atoms with Crippen LogP contribution in [0.4, 0.5) is 15.8 Å². The molecule has 0 radical (unpaired) electrons. The molecule has 1 atom stereocenters. The fourth-order valence-corrected chi connectivity index (χ4v) is 4.87. The summed E-state index contributed by atoms with van der Waals surface area (Å²) in [6.07, 6.45) is 5.29. The lowest BCUT2D eigenvalue weighted by Crippen LogP contribution is -2.13. The molecule has 186 valence electrons. The number of fused-ring (bicyclic) bond motifs is 2. The first-order chi connectivity index (χ1) is 18.0. The Bertz CT molecular complexity index is 1610. The molecule has 1 unspecified atom stereocenters. The molecule has 0 spiro atoms. The van der Waals surface area contributed by atoms with Gasteiger partial charge in [-0.1, -0.05) is 12.1 Å². The van der Waals surface area contributed by atoms with Crippen molar-refractivity contribution in [3.8, 4) is 22.3 Å². The van der Waals surface area contributed by atoms with Gasteiger partial charge in [-0.2, -0.15) is 5.10 Å². The molecule has 3 aromatic heterocycles. The van der Waals surface area contributed by atoms with Crippen molar-refractivity contribution in [2.45, 2.75) is 19.3 Å². The lowest BCUT2D eigenvalue weighted by Gasteiger charge is -2.13. The average molecular weight is 495 g/mol. The Labute approximate surface area is 213 Å². The molecule has 37 heavy (non-hydrogen) atoms. The fourth-order valence-electron chi connectivity index (χ4n) is 4.87. The van der Waals surface area contributed by atoms with Crippen molar-refractivity contribution in [2.75, 3.05) is 24.7 Å². The second-order valence-corrected chi connectivity index (χ2v) is 9.55. The molecule has 1 aliphatic heterocycles. The van der Waals surface area contributed by atoms with Gasteiger partial charge in [-0.15, -0.1) is 0 Å². The zero-order chi connectivity index (χ0) is 25.5. The molecular weight excluding hydrogens is 467 g/mol. The number of rotatable bonds is 6. The molecule has 0 aliphatic carbocycles. The van der Waals surface area contributed by atoms with E-state index < -0.39 is 0 Å². The molecule has 8 nitrogen and oxygen atoms in total. The molecule has 0 fully saturated rings. The van der Waals surface area contributed by atoms with Crippen molar-refractivity contribution < 1.29 is 4.39 Å². The predicted octanol–water partition coefficient (Wildman–Crippen LogP) is 4.88. The SMILES string of the molecule is CN(C)Cc1cncc(-c2cnc3n[nH]c(C4Nc5cccc(-c6cc(F)cc(CN)c6)c5N4)c3c2)c1. The van der Waals surface area contributed by atoms with Crippen LogP contribution in [0.15, 0.2) is 67.1 Å². The predicted molar refractivity (Wildman–Crippen MR) is 144 cm³/mol. The van der Waals surface area contributed by atoms with E-state index in [1.165, 1.54) is 12.1 Å². The number of aromatic nitrogens is 4. The van der Waals surface area contributed by atoms with Gasteiger partial charge in [-0.3, -0.25) is 10.1 Å². The van der Waals surface area contributed by atoms with Gasteiger partial charge in [0.2, 0.25) is 0 Å². The van der Waals surface area contributed by atoms with E-state index in [4.69, 9.17) is 5.73 Å². The van der Waals surface area contributed by atoms with Gasteiger partial charge in [0.15, 0.2) is 5.65 Å². The van der Waals surface area contributed by atoms with Crippen LogP contribution in [-0.4, -0.2) is 39.2 Å². The van der Waals surface area contributed by atoms with Crippen LogP contribution >= 0.6 is 0 Å². The van der Waals surface area contributed by atoms with Crippen LogP contribution in [0.3, 0.4) is 0 Å². The Hall–Kier alpha value is -4.34. The van der Waals surface area contributed by atoms with E-state index in [9.17, 15) is 4.39 Å². The van der Waals surface area contributed by atoms with Crippen LogP contribution in [0.1, 0.15) is 23.0 Å². The molecule has 5 aromatic rings. The zero-order valence-electron chi connectivity index (χ0n) is 20.6. The van der Waals surface area contributed by atoms with E-state index in [0.717, 1.165) is 62.4 Å². The van der Waals surface area contributed by atoms with Crippen LogP contribution in [-0.2, 0) is 13.1 Å². The number of hydrogen-bond acceptors (Lipinski definition) is 7.